The lowest BCUT2D eigenvalue weighted by molar-refractivity contribution is -0.155. The third-order valence-electron chi connectivity index (χ3n) is 14.1. The zero-order valence-electron chi connectivity index (χ0n) is 43.9. The van der Waals surface area contributed by atoms with Crippen LogP contribution in [0.15, 0.2) is 218 Å². The fourth-order valence-corrected chi connectivity index (χ4v) is 13.0. The minimum atomic E-state index is -4.72. The topological polar surface area (TPSA) is 134 Å². The molecule has 5 unspecified atom stereocenters. The first-order valence-corrected chi connectivity index (χ1v) is 28.4. The van der Waals surface area contributed by atoms with E-state index in [0.29, 0.717) is 12.2 Å². The molecule has 7 aromatic carbocycles. The van der Waals surface area contributed by atoms with Crippen LogP contribution in [-0.4, -0.2) is 70.6 Å². The highest BCUT2D eigenvalue weighted by Crippen LogP contribution is 2.50. The van der Waals surface area contributed by atoms with Crippen LogP contribution in [0, 0.1) is 5.92 Å². The van der Waals surface area contributed by atoms with E-state index in [0.717, 1.165) is 45.5 Å². The van der Waals surface area contributed by atoms with Gasteiger partial charge in [-0.3, -0.25) is 19.2 Å². The number of hydrogen-bond donors (Lipinski definition) is 4. The first kappa shape index (κ1) is 57.8. The molecule has 0 saturated carbocycles. The summed E-state index contributed by atoms with van der Waals surface area (Å²) in [4.78, 5) is 58.1. The average molecular weight is 1100 g/mol. The predicted molar refractivity (Wildman–Crippen MR) is 308 cm³/mol. The van der Waals surface area contributed by atoms with Crippen molar-refractivity contribution >= 4 is 47.2 Å². The Morgan fingerprint density at radius 2 is 0.975 bits per heavy atom. The average Bonchev–Trinajstić information content (AvgIpc) is 3.62. The summed E-state index contributed by atoms with van der Waals surface area (Å²) < 4.78 is 46.7. The van der Waals surface area contributed by atoms with Crippen LogP contribution in [0.3, 0.4) is 0 Å². The van der Waals surface area contributed by atoms with E-state index in [2.05, 4.69) is 52.3 Å². The fraction of sp³-hybridized carbons (Fsp3) is 0.262. The Kier molecular flexibility index (Phi) is 19.7. The number of aliphatic hydroxyl groups is 1. The summed E-state index contributed by atoms with van der Waals surface area (Å²) in [6, 6.07) is 60.7. The van der Waals surface area contributed by atoms with Crippen molar-refractivity contribution in [1.29, 1.82) is 0 Å². The van der Waals surface area contributed by atoms with Gasteiger partial charge in [0.1, 0.15) is 12.1 Å². The number of amides is 3. The van der Waals surface area contributed by atoms with Crippen molar-refractivity contribution in [3.8, 4) is 0 Å². The number of hydrogen-bond acceptors (Lipinski definition) is 8. The summed E-state index contributed by atoms with van der Waals surface area (Å²) in [6.45, 7) is 3.78. The van der Waals surface area contributed by atoms with Crippen LogP contribution in [0.25, 0.3) is 0 Å². The molecule has 0 bridgehead atoms. The Bertz CT molecular complexity index is 2930. The third-order valence-corrected chi connectivity index (χ3v) is 17.3. The number of rotatable bonds is 17. The van der Waals surface area contributed by atoms with E-state index < -0.39 is 81.7 Å². The lowest BCUT2D eigenvalue weighted by Crippen LogP contribution is -2.58. The van der Waals surface area contributed by atoms with Gasteiger partial charge >= 0.3 is 12.1 Å². The number of carbonyl (C=O) groups is 4. The third kappa shape index (κ3) is 14.3. The molecular formula is C65H64F3N3O6S2. The highest BCUT2D eigenvalue weighted by molar-refractivity contribution is 8.00. The van der Waals surface area contributed by atoms with Gasteiger partial charge in [0, 0.05) is 24.6 Å². The number of ether oxygens (including phenoxy) is 1. The highest BCUT2D eigenvalue weighted by atomic mass is 32.2. The molecule has 1 aliphatic heterocycles. The van der Waals surface area contributed by atoms with Gasteiger partial charge in [-0.15, -0.1) is 23.5 Å². The number of allylic oxidation sites excluding steroid dienone is 1. The van der Waals surface area contributed by atoms with Crippen molar-refractivity contribution in [3.63, 3.8) is 0 Å². The molecule has 0 aliphatic carbocycles. The second-order valence-corrected chi connectivity index (χ2v) is 22.3. The van der Waals surface area contributed by atoms with Gasteiger partial charge in [-0.2, -0.15) is 13.2 Å². The van der Waals surface area contributed by atoms with Gasteiger partial charge in [-0.1, -0.05) is 220 Å². The van der Waals surface area contributed by atoms with E-state index in [1.807, 2.05) is 159 Å². The van der Waals surface area contributed by atoms with E-state index in [9.17, 15) is 37.5 Å². The molecule has 7 aromatic rings. The Morgan fingerprint density at radius 1 is 0.557 bits per heavy atom. The normalized spacial score (nSPS) is 19.2. The number of halogens is 3. The van der Waals surface area contributed by atoms with Crippen molar-refractivity contribution in [2.24, 2.45) is 5.92 Å². The monoisotopic (exact) mass is 1100 g/mol. The van der Waals surface area contributed by atoms with Crippen molar-refractivity contribution < 1.29 is 42.2 Å². The molecule has 0 aromatic heterocycles. The SMILES string of the molecule is CC(C)C1CCC(=O)OC(C=CCCSC(c2ccccc2)(c2ccccc2)c2ccccc2)C(O)C(=O)NC(Cc2cccc(C(F)(F)F)c2)C(=O)NC(CSC(c2ccccc2)(c2ccccc2)c2ccccc2)C(=O)N1. The summed E-state index contributed by atoms with van der Waals surface area (Å²) >= 11 is 3.11. The van der Waals surface area contributed by atoms with Crippen LogP contribution in [-0.2, 0) is 46.0 Å². The smallest absolute Gasteiger partial charge is 0.416 e. The molecule has 0 spiro atoms. The maximum Gasteiger partial charge on any atom is 0.416 e. The number of carbonyl (C=O) groups excluding carboxylic acids is 4. The quantitative estimate of drug-likeness (QED) is 0.0307. The van der Waals surface area contributed by atoms with Crippen molar-refractivity contribution in [1.82, 2.24) is 16.0 Å². The Labute approximate surface area is 468 Å². The van der Waals surface area contributed by atoms with Gasteiger partial charge in [0.05, 0.1) is 15.1 Å². The molecule has 79 heavy (non-hydrogen) atoms. The lowest BCUT2D eigenvalue weighted by Gasteiger charge is -2.37. The standard InChI is InChI=1S/C65H64F3N3O6S2/c1-45(2)54-39-40-58(72)77-57(38-21-22-41-78-63(47-25-9-3-10-26-47,48-27-11-4-12-28-48)49-29-13-5-14-30-49)59(73)62(76)70-55(43-46-24-23-37-53(42-46)65(66,67)68)60(74)71-56(61(75)69-54)44-79-64(50-31-15-6-16-32-50,51-33-17-7-18-34-51)52-35-19-8-20-36-52/h3-21,23-38,42,45,54-57,59,73H,22,39-41,43-44H2,1-2H3,(H,69,75)(H,70,76)(H,71,74). The number of cyclic esters (lactones) is 1. The number of alkyl halides is 3. The number of benzene rings is 7. The summed E-state index contributed by atoms with van der Waals surface area (Å²) in [6.07, 6.45) is -5.29. The molecule has 1 fully saturated rings. The highest BCUT2D eigenvalue weighted by Gasteiger charge is 2.41. The van der Waals surface area contributed by atoms with Gasteiger partial charge in [-0.05, 0) is 75.6 Å². The number of esters is 1. The van der Waals surface area contributed by atoms with Gasteiger partial charge in [0.15, 0.2) is 12.2 Å². The van der Waals surface area contributed by atoms with Crippen LogP contribution >= 0.6 is 23.5 Å². The van der Waals surface area contributed by atoms with Crippen LogP contribution in [0.2, 0.25) is 0 Å². The minimum absolute atomic E-state index is 0.0374. The maximum atomic E-state index is 14.9. The first-order chi connectivity index (χ1) is 38.2. The molecule has 9 nitrogen and oxygen atoms in total. The summed E-state index contributed by atoms with van der Waals surface area (Å²) in [5.41, 5.74) is 4.95. The van der Waals surface area contributed by atoms with E-state index in [4.69, 9.17) is 4.74 Å². The molecule has 1 saturated heterocycles. The van der Waals surface area contributed by atoms with Gasteiger partial charge in [-0.25, -0.2) is 0 Å². The number of thioether (sulfide) groups is 2. The van der Waals surface area contributed by atoms with Crippen LogP contribution in [0.5, 0.6) is 0 Å². The fourth-order valence-electron chi connectivity index (χ4n) is 9.99. The van der Waals surface area contributed by atoms with E-state index in [1.54, 1.807) is 17.8 Å². The molecule has 1 heterocycles. The van der Waals surface area contributed by atoms with Crippen molar-refractivity contribution in [2.75, 3.05) is 11.5 Å². The molecule has 14 heteroatoms. The molecule has 5 atom stereocenters. The largest absolute Gasteiger partial charge is 0.455 e. The van der Waals surface area contributed by atoms with Crippen molar-refractivity contribution in [2.45, 2.75) is 85.5 Å². The second kappa shape index (κ2) is 27.0. The maximum absolute atomic E-state index is 14.9. The Balaban J connectivity index is 1.12. The summed E-state index contributed by atoms with van der Waals surface area (Å²) in [5, 5.41) is 20.5. The van der Waals surface area contributed by atoms with Crippen LogP contribution < -0.4 is 16.0 Å². The van der Waals surface area contributed by atoms with E-state index in [-0.39, 0.29) is 30.1 Å². The first-order valence-electron chi connectivity index (χ1n) is 26.4. The van der Waals surface area contributed by atoms with Gasteiger partial charge in [0.25, 0.3) is 5.91 Å². The molecule has 8 rings (SSSR count). The van der Waals surface area contributed by atoms with E-state index >= 15 is 0 Å². The molecule has 3 amide bonds. The zero-order chi connectivity index (χ0) is 55.8. The summed E-state index contributed by atoms with van der Waals surface area (Å²) in [7, 11) is 0. The lowest BCUT2D eigenvalue weighted by atomic mass is 9.84. The second-order valence-electron chi connectivity index (χ2n) is 19.8. The molecular weight excluding hydrogens is 1040 g/mol. The number of aliphatic hydroxyl groups excluding tert-OH is 1. The Hall–Kier alpha value is -7.39. The Morgan fingerprint density at radius 3 is 1.42 bits per heavy atom. The van der Waals surface area contributed by atoms with Gasteiger partial charge in [0.2, 0.25) is 11.8 Å². The molecule has 0 radical (unpaired) electrons. The minimum Gasteiger partial charge on any atom is -0.455 e. The number of nitrogens with one attached hydrogen (secondary N) is 3. The van der Waals surface area contributed by atoms with E-state index in [1.165, 1.54) is 30.0 Å². The predicted octanol–water partition coefficient (Wildman–Crippen LogP) is 11.8. The van der Waals surface area contributed by atoms with Crippen LogP contribution in [0.1, 0.15) is 77.6 Å². The zero-order valence-corrected chi connectivity index (χ0v) is 45.6. The van der Waals surface area contributed by atoms with Crippen LogP contribution in [0.4, 0.5) is 13.2 Å². The van der Waals surface area contributed by atoms with Gasteiger partial charge < -0.3 is 25.8 Å². The van der Waals surface area contributed by atoms with Crippen molar-refractivity contribution in [3.05, 3.63) is 263 Å². The summed E-state index contributed by atoms with van der Waals surface area (Å²) in [5.74, 6) is -3.05. The molecule has 4 N–H and O–H groups in total. The molecule has 1 aliphatic rings. The molecule has 408 valence electrons.